The molecule has 0 aliphatic heterocycles. The van der Waals surface area contributed by atoms with Crippen LogP contribution in [0.5, 0.6) is 0 Å². The standard InChI is InChI=1S/C10H12F2N2O/c1-13-10(15)2-3-14-9-5-7(11)4-8(12)6-9/h4-6,14H,2-3H2,1H3,(H,13,15). The van der Waals surface area contributed by atoms with Crippen molar-refractivity contribution in [3.8, 4) is 0 Å². The molecule has 0 heterocycles. The third-order valence-electron chi connectivity index (χ3n) is 1.82. The number of benzene rings is 1. The molecule has 1 amide bonds. The molecule has 3 nitrogen and oxygen atoms in total. The molecule has 0 aromatic heterocycles. The fourth-order valence-corrected chi connectivity index (χ4v) is 1.10. The van der Waals surface area contributed by atoms with Gasteiger partial charge in [-0.25, -0.2) is 8.78 Å². The first-order valence-electron chi connectivity index (χ1n) is 4.52. The van der Waals surface area contributed by atoms with Crippen molar-refractivity contribution in [3.63, 3.8) is 0 Å². The molecule has 0 saturated carbocycles. The number of rotatable bonds is 4. The summed E-state index contributed by atoms with van der Waals surface area (Å²) in [6.07, 6.45) is 0.259. The van der Waals surface area contributed by atoms with Crippen molar-refractivity contribution >= 4 is 11.6 Å². The number of hydrogen-bond acceptors (Lipinski definition) is 2. The van der Waals surface area contributed by atoms with Crippen LogP contribution in [0.4, 0.5) is 14.5 Å². The van der Waals surface area contributed by atoms with Gasteiger partial charge in [-0.05, 0) is 12.1 Å². The molecule has 2 N–H and O–H groups in total. The Kier molecular flexibility index (Phi) is 4.03. The minimum absolute atomic E-state index is 0.126. The zero-order valence-electron chi connectivity index (χ0n) is 8.31. The summed E-state index contributed by atoms with van der Waals surface area (Å²) in [7, 11) is 1.53. The first-order valence-corrected chi connectivity index (χ1v) is 4.52. The van der Waals surface area contributed by atoms with E-state index in [2.05, 4.69) is 10.6 Å². The highest BCUT2D eigenvalue weighted by Gasteiger charge is 2.01. The van der Waals surface area contributed by atoms with Gasteiger partial charge < -0.3 is 10.6 Å². The van der Waals surface area contributed by atoms with Crippen LogP contribution in [0.3, 0.4) is 0 Å². The Morgan fingerprint density at radius 1 is 1.27 bits per heavy atom. The number of amides is 1. The summed E-state index contributed by atoms with van der Waals surface area (Å²) in [4.78, 5) is 10.8. The van der Waals surface area contributed by atoms with Crippen LogP contribution in [-0.2, 0) is 4.79 Å². The quantitative estimate of drug-likeness (QED) is 0.797. The van der Waals surface area contributed by atoms with Gasteiger partial charge in [0.1, 0.15) is 11.6 Å². The van der Waals surface area contributed by atoms with E-state index < -0.39 is 11.6 Å². The highest BCUT2D eigenvalue weighted by Crippen LogP contribution is 2.12. The van der Waals surface area contributed by atoms with E-state index in [-0.39, 0.29) is 12.3 Å². The molecule has 1 aromatic rings. The molecule has 0 saturated heterocycles. The number of halogens is 2. The molecule has 82 valence electrons. The molecule has 0 bridgehead atoms. The van der Waals surface area contributed by atoms with Crippen molar-refractivity contribution in [3.05, 3.63) is 29.8 Å². The third kappa shape index (κ3) is 3.93. The lowest BCUT2D eigenvalue weighted by Crippen LogP contribution is -2.20. The molecule has 0 aliphatic rings. The summed E-state index contributed by atoms with van der Waals surface area (Å²) in [5.41, 5.74) is 0.330. The van der Waals surface area contributed by atoms with E-state index in [0.29, 0.717) is 12.2 Å². The van der Waals surface area contributed by atoms with Crippen molar-refractivity contribution in [2.75, 3.05) is 18.9 Å². The lowest BCUT2D eigenvalue weighted by atomic mass is 10.3. The second-order valence-corrected chi connectivity index (χ2v) is 3.01. The minimum atomic E-state index is -0.641. The van der Waals surface area contributed by atoms with Crippen molar-refractivity contribution in [1.82, 2.24) is 5.32 Å². The summed E-state index contributed by atoms with van der Waals surface area (Å²) in [5.74, 6) is -1.41. The molecule has 1 rings (SSSR count). The monoisotopic (exact) mass is 214 g/mol. The van der Waals surface area contributed by atoms with Crippen molar-refractivity contribution in [2.45, 2.75) is 6.42 Å². The normalized spacial score (nSPS) is 9.80. The summed E-state index contributed by atoms with van der Waals surface area (Å²) >= 11 is 0. The molecule has 0 aliphatic carbocycles. The maximum absolute atomic E-state index is 12.7. The van der Waals surface area contributed by atoms with Gasteiger partial charge in [-0.2, -0.15) is 0 Å². The maximum atomic E-state index is 12.7. The third-order valence-corrected chi connectivity index (χ3v) is 1.82. The molecular weight excluding hydrogens is 202 g/mol. The van der Waals surface area contributed by atoms with E-state index in [0.717, 1.165) is 6.07 Å². The van der Waals surface area contributed by atoms with Crippen LogP contribution in [0.15, 0.2) is 18.2 Å². The summed E-state index contributed by atoms with van der Waals surface area (Å²) in [6.45, 7) is 0.336. The number of carbonyl (C=O) groups is 1. The lowest BCUT2D eigenvalue weighted by molar-refractivity contribution is -0.120. The number of carbonyl (C=O) groups excluding carboxylic acids is 1. The van der Waals surface area contributed by atoms with Crippen LogP contribution in [0.25, 0.3) is 0 Å². The van der Waals surface area contributed by atoms with Gasteiger partial charge in [0.15, 0.2) is 0 Å². The maximum Gasteiger partial charge on any atom is 0.221 e. The molecule has 5 heteroatoms. The lowest BCUT2D eigenvalue weighted by Gasteiger charge is -2.05. The molecule has 0 radical (unpaired) electrons. The molecule has 0 atom stereocenters. The predicted octanol–water partition coefficient (Wildman–Crippen LogP) is 1.51. The highest BCUT2D eigenvalue weighted by atomic mass is 19.1. The topological polar surface area (TPSA) is 41.1 Å². The van der Waals surface area contributed by atoms with E-state index in [4.69, 9.17) is 0 Å². The van der Waals surface area contributed by atoms with Gasteiger partial charge in [0.05, 0.1) is 0 Å². The smallest absolute Gasteiger partial charge is 0.221 e. The zero-order valence-corrected chi connectivity index (χ0v) is 8.31. The van der Waals surface area contributed by atoms with E-state index in [1.54, 1.807) is 0 Å². The Hall–Kier alpha value is -1.65. The van der Waals surface area contributed by atoms with E-state index >= 15 is 0 Å². The largest absolute Gasteiger partial charge is 0.384 e. The SMILES string of the molecule is CNC(=O)CCNc1cc(F)cc(F)c1. The molecule has 1 aromatic carbocycles. The summed E-state index contributed by atoms with van der Waals surface area (Å²) < 4.78 is 25.4. The molecule has 0 spiro atoms. The highest BCUT2D eigenvalue weighted by molar-refractivity contribution is 5.76. The Labute approximate surface area is 86.5 Å². The average molecular weight is 214 g/mol. The van der Waals surface area contributed by atoms with Crippen molar-refractivity contribution < 1.29 is 13.6 Å². The number of nitrogens with one attached hydrogen (secondary N) is 2. The predicted molar refractivity (Wildman–Crippen MR) is 53.5 cm³/mol. The summed E-state index contributed by atoms with van der Waals surface area (Å²) in [5, 5.41) is 5.20. The molecular formula is C10H12F2N2O. The summed E-state index contributed by atoms with van der Waals surface area (Å²) in [6, 6.07) is 3.14. The fourth-order valence-electron chi connectivity index (χ4n) is 1.10. The van der Waals surface area contributed by atoms with Gasteiger partial charge in [-0.1, -0.05) is 0 Å². The van der Waals surface area contributed by atoms with Crippen LogP contribution in [0.2, 0.25) is 0 Å². The van der Waals surface area contributed by atoms with Crippen LogP contribution in [-0.4, -0.2) is 19.5 Å². The zero-order chi connectivity index (χ0) is 11.3. The minimum Gasteiger partial charge on any atom is -0.384 e. The van der Waals surface area contributed by atoms with Gasteiger partial charge in [-0.3, -0.25) is 4.79 Å². The fraction of sp³-hybridized carbons (Fsp3) is 0.300. The Bertz CT molecular complexity index is 335. The molecule has 0 unspecified atom stereocenters. The van der Waals surface area contributed by atoms with Gasteiger partial charge in [0.2, 0.25) is 5.91 Å². The van der Waals surface area contributed by atoms with Crippen molar-refractivity contribution in [1.29, 1.82) is 0 Å². The van der Waals surface area contributed by atoms with Gasteiger partial charge in [-0.15, -0.1) is 0 Å². The average Bonchev–Trinajstić information content (AvgIpc) is 2.16. The van der Waals surface area contributed by atoms with Gasteiger partial charge in [0, 0.05) is 31.8 Å². The number of anilines is 1. The molecule has 15 heavy (non-hydrogen) atoms. The first-order chi connectivity index (χ1) is 7.11. The second-order valence-electron chi connectivity index (χ2n) is 3.01. The first kappa shape index (κ1) is 11.4. The van der Waals surface area contributed by atoms with Crippen LogP contribution < -0.4 is 10.6 Å². The number of hydrogen-bond donors (Lipinski definition) is 2. The van der Waals surface area contributed by atoms with E-state index in [1.165, 1.54) is 19.2 Å². The van der Waals surface area contributed by atoms with Crippen molar-refractivity contribution in [2.24, 2.45) is 0 Å². The van der Waals surface area contributed by atoms with Gasteiger partial charge >= 0.3 is 0 Å². The van der Waals surface area contributed by atoms with Crippen LogP contribution >= 0.6 is 0 Å². The van der Waals surface area contributed by atoms with E-state index in [9.17, 15) is 13.6 Å². The van der Waals surface area contributed by atoms with Crippen LogP contribution in [0.1, 0.15) is 6.42 Å². The Morgan fingerprint density at radius 2 is 1.87 bits per heavy atom. The van der Waals surface area contributed by atoms with Crippen LogP contribution in [0, 0.1) is 11.6 Å². The van der Waals surface area contributed by atoms with Gasteiger partial charge in [0.25, 0.3) is 0 Å². The Balaban J connectivity index is 2.47. The molecule has 0 fully saturated rings. The van der Waals surface area contributed by atoms with E-state index in [1.807, 2.05) is 0 Å². The second kappa shape index (κ2) is 5.29. The Morgan fingerprint density at radius 3 is 2.40 bits per heavy atom.